The molecule has 6 rings (SSSR count). The van der Waals surface area contributed by atoms with Crippen LogP contribution in [0.2, 0.25) is 0 Å². The number of nitrogen functional groups attached to an aromatic ring is 1. The first kappa shape index (κ1) is 21.1. The second-order valence-corrected chi connectivity index (χ2v) is 8.99. The van der Waals surface area contributed by atoms with Crippen LogP contribution in [0.4, 0.5) is 5.69 Å². The number of hydrogen-bond acceptors (Lipinski definition) is 5. The van der Waals surface area contributed by atoms with Gasteiger partial charge in [0.2, 0.25) is 0 Å². The molecule has 0 amide bonds. The molecule has 1 aliphatic rings. The fourth-order valence-corrected chi connectivity index (χ4v) is 4.98. The van der Waals surface area contributed by atoms with E-state index < -0.39 is 11.8 Å². The summed E-state index contributed by atoms with van der Waals surface area (Å²) in [6.45, 7) is 3.79. The maximum atomic E-state index is 13.6. The van der Waals surface area contributed by atoms with Gasteiger partial charge in [-0.05, 0) is 43.2 Å². The van der Waals surface area contributed by atoms with Crippen molar-refractivity contribution >= 4 is 16.6 Å². The molecule has 0 bridgehead atoms. The Balaban J connectivity index is 1.89. The molecule has 0 spiro atoms. The van der Waals surface area contributed by atoms with E-state index in [-0.39, 0.29) is 5.56 Å². The Morgan fingerprint density at radius 3 is 2.37 bits per heavy atom. The van der Waals surface area contributed by atoms with Crippen molar-refractivity contribution in [3.63, 3.8) is 0 Å². The van der Waals surface area contributed by atoms with Gasteiger partial charge in [-0.25, -0.2) is 4.79 Å². The summed E-state index contributed by atoms with van der Waals surface area (Å²) in [4.78, 5) is 26.7. The highest BCUT2D eigenvalue weighted by Gasteiger charge is 2.37. The molecule has 8 nitrogen and oxygen atoms in total. The number of aromatic nitrogens is 3. The van der Waals surface area contributed by atoms with E-state index in [2.05, 4.69) is 0 Å². The molecule has 2 N–H and O–H groups in total. The van der Waals surface area contributed by atoms with Gasteiger partial charge in [-0.3, -0.25) is 13.9 Å². The van der Waals surface area contributed by atoms with Crippen molar-refractivity contribution in [1.29, 1.82) is 0 Å². The lowest BCUT2D eigenvalue weighted by molar-refractivity contribution is 0.197. The highest BCUT2D eigenvalue weighted by atomic mass is 16.5. The molecule has 1 atom stereocenters. The first-order chi connectivity index (χ1) is 16.8. The van der Waals surface area contributed by atoms with Gasteiger partial charge < -0.3 is 19.5 Å². The van der Waals surface area contributed by atoms with Gasteiger partial charge in [0.05, 0.1) is 28.0 Å². The van der Waals surface area contributed by atoms with Gasteiger partial charge in [0.15, 0.2) is 11.9 Å². The maximum Gasteiger partial charge on any atom is 0.331 e. The number of fused-ring (bicyclic) bond motifs is 5. The van der Waals surface area contributed by atoms with Crippen LogP contribution < -0.4 is 21.7 Å². The number of rotatable bonds is 2. The zero-order chi connectivity index (χ0) is 24.6. The van der Waals surface area contributed by atoms with Gasteiger partial charge in [-0.1, -0.05) is 30.3 Å². The van der Waals surface area contributed by atoms with Crippen molar-refractivity contribution in [2.24, 2.45) is 14.1 Å². The van der Waals surface area contributed by atoms with E-state index in [4.69, 9.17) is 14.9 Å². The number of nitrogens with zero attached hydrogens (tertiary/aromatic N) is 3. The Labute approximate surface area is 200 Å². The Bertz CT molecular complexity index is 1770. The number of nitrogens with two attached hydrogens (primary N) is 1. The minimum Gasteiger partial charge on any atom is -0.474 e. The monoisotopic (exact) mass is 468 g/mol. The van der Waals surface area contributed by atoms with E-state index in [0.29, 0.717) is 39.5 Å². The Morgan fingerprint density at radius 2 is 1.69 bits per heavy atom. The van der Waals surface area contributed by atoms with Gasteiger partial charge >= 0.3 is 5.69 Å². The molecule has 3 aromatic heterocycles. The summed E-state index contributed by atoms with van der Waals surface area (Å²) in [5.41, 5.74) is 10.4. The van der Waals surface area contributed by atoms with Gasteiger partial charge in [0.25, 0.3) is 5.56 Å². The van der Waals surface area contributed by atoms with E-state index >= 15 is 0 Å². The number of furan rings is 1. The highest BCUT2D eigenvalue weighted by Crippen LogP contribution is 2.47. The molecule has 0 aliphatic carbocycles. The summed E-state index contributed by atoms with van der Waals surface area (Å²) in [6.07, 6.45) is -0.698. The third-order valence-electron chi connectivity index (χ3n) is 6.76. The zero-order valence-corrected chi connectivity index (χ0v) is 19.8. The summed E-state index contributed by atoms with van der Waals surface area (Å²) >= 11 is 0. The third-order valence-corrected chi connectivity index (χ3v) is 6.76. The number of benzene rings is 2. The summed E-state index contributed by atoms with van der Waals surface area (Å²) in [7, 11) is 3.17. The van der Waals surface area contributed by atoms with Crippen LogP contribution in [0.5, 0.6) is 5.75 Å². The van der Waals surface area contributed by atoms with E-state index in [1.165, 1.54) is 11.6 Å². The highest BCUT2D eigenvalue weighted by molar-refractivity contribution is 5.98. The molecule has 0 saturated carbocycles. The molecule has 176 valence electrons. The normalized spacial score (nSPS) is 14.6. The lowest BCUT2D eigenvalue weighted by Crippen LogP contribution is -2.37. The first-order valence-corrected chi connectivity index (χ1v) is 11.3. The van der Waals surface area contributed by atoms with Crippen LogP contribution in [0.1, 0.15) is 28.9 Å². The average Bonchev–Trinajstić information content (AvgIpc) is 3.44. The van der Waals surface area contributed by atoms with Crippen LogP contribution >= 0.6 is 0 Å². The molecule has 0 saturated heterocycles. The molecule has 0 fully saturated rings. The average molecular weight is 469 g/mol. The molecule has 0 radical (unpaired) electrons. The van der Waals surface area contributed by atoms with Crippen LogP contribution in [0.3, 0.4) is 0 Å². The van der Waals surface area contributed by atoms with Crippen molar-refractivity contribution in [3.8, 4) is 22.7 Å². The minimum atomic E-state index is -0.698. The largest absolute Gasteiger partial charge is 0.474 e. The van der Waals surface area contributed by atoms with E-state index in [1.54, 1.807) is 13.1 Å². The standard InChI is InChI=1S/C27H24N4O4/c1-14-12-18-20(13-17(14)28)35-25(19-11-10-15(2)34-19)24-23-21(26(32)30(4)27(33)29(23)3)22(31(18)24)16-8-6-5-7-9-16/h5-13,25H,28H2,1-4H3. The van der Waals surface area contributed by atoms with Gasteiger partial charge in [-0.2, -0.15) is 0 Å². The summed E-state index contributed by atoms with van der Waals surface area (Å²) < 4.78 is 17.2. The summed E-state index contributed by atoms with van der Waals surface area (Å²) in [6, 6.07) is 17.2. The van der Waals surface area contributed by atoms with Gasteiger partial charge in [-0.15, -0.1) is 0 Å². The number of hydrogen-bond donors (Lipinski definition) is 1. The van der Waals surface area contributed by atoms with E-state index in [9.17, 15) is 9.59 Å². The predicted molar refractivity (Wildman–Crippen MR) is 134 cm³/mol. The fourth-order valence-electron chi connectivity index (χ4n) is 4.98. The van der Waals surface area contributed by atoms with Crippen LogP contribution in [-0.2, 0) is 14.1 Å². The summed E-state index contributed by atoms with van der Waals surface area (Å²) in [5, 5.41) is 0.440. The van der Waals surface area contributed by atoms with Crippen LogP contribution in [0, 0.1) is 13.8 Å². The van der Waals surface area contributed by atoms with Crippen LogP contribution in [0.15, 0.2) is 68.6 Å². The van der Waals surface area contributed by atoms with Crippen molar-refractivity contribution in [1.82, 2.24) is 13.7 Å². The molecule has 1 unspecified atom stereocenters. The smallest absolute Gasteiger partial charge is 0.331 e. The first-order valence-electron chi connectivity index (χ1n) is 11.3. The van der Waals surface area contributed by atoms with Crippen LogP contribution in [-0.4, -0.2) is 13.7 Å². The van der Waals surface area contributed by atoms with Crippen molar-refractivity contribution in [2.45, 2.75) is 20.0 Å². The molecular formula is C27H24N4O4. The fraction of sp³-hybridized carbons (Fsp3) is 0.185. The Kier molecular flexibility index (Phi) is 4.38. The summed E-state index contributed by atoms with van der Waals surface area (Å²) in [5.74, 6) is 1.87. The zero-order valence-electron chi connectivity index (χ0n) is 19.8. The SMILES string of the molecule is Cc1ccc(C2Oc3cc(N)c(C)cc3-n3c(-c4ccccc4)c4c(=O)n(C)c(=O)n(C)c4c32)o1. The van der Waals surface area contributed by atoms with Gasteiger partial charge in [0, 0.05) is 25.8 Å². The number of anilines is 1. The van der Waals surface area contributed by atoms with Crippen LogP contribution in [0.25, 0.3) is 27.8 Å². The molecular weight excluding hydrogens is 444 g/mol. The second kappa shape index (κ2) is 7.27. The lowest BCUT2D eigenvalue weighted by atomic mass is 10.1. The lowest BCUT2D eigenvalue weighted by Gasteiger charge is -2.29. The molecule has 8 heteroatoms. The van der Waals surface area contributed by atoms with E-state index in [0.717, 1.165) is 27.1 Å². The quantitative estimate of drug-likeness (QED) is 0.396. The second-order valence-electron chi connectivity index (χ2n) is 8.99. The third kappa shape index (κ3) is 2.86. The maximum absolute atomic E-state index is 13.6. The predicted octanol–water partition coefficient (Wildman–Crippen LogP) is 3.97. The molecule has 1 aliphatic heterocycles. The Hall–Kier alpha value is -4.46. The van der Waals surface area contributed by atoms with Crippen molar-refractivity contribution in [2.75, 3.05) is 5.73 Å². The molecule has 4 heterocycles. The molecule has 5 aromatic rings. The number of aryl methyl sites for hydroxylation is 3. The van der Waals surface area contributed by atoms with Crippen molar-refractivity contribution < 1.29 is 9.15 Å². The minimum absolute atomic E-state index is 0.369. The topological polar surface area (TPSA) is 97.3 Å². The van der Waals surface area contributed by atoms with E-state index in [1.807, 2.05) is 66.9 Å². The van der Waals surface area contributed by atoms with Gasteiger partial charge in [0.1, 0.15) is 11.5 Å². The Morgan fingerprint density at radius 1 is 0.943 bits per heavy atom. The van der Waals surface area contributed by atoms with Crippen molar-refractivity contribution in [3.05, 3.63) is 98.2 Å². The molecule has 35 heavy (non-hydrogen) atoms. The number of ether oxygens (including phenoxy) is 1. The molecule has 2 aromatic carbocycles.